The minimum atomic E-state index is -1.01. The van der Waals surface area contributed by atoms with Gasteiger partial charge in [-0.3, -0.25) is 38.4 Å². The van der Waals surface area contributed by atoms with Crippen molar-refractivity contribution < 1.29 is 33.5 Å². The highest BCUT2D eigenvalue weighted by Gasteiger charge is 2.44. The van der Waals surface area contributed by atoms with Gasteiger partial charge in [-0.2, -0.15) is 5.10 Å². The monoisotopic (exact) mass is 987 g/mol. The number of halogens is 1. The molecule has 372 valence electrons. The number of β-amino-alcohol motifs (C(OH)–C–C–N with tert-alkyl or cyclic N) is 1. The molecule has 0 spiro atoms. The molecule has 2 saturated heterocycles. The fourth-order valence-electron chi connectivity index (χ4n) is 9.03. The molecule has 19 nitrogen and oxygen atoms in total. The maximum Gasteiger partial charge on any atom is 0.254 e. The first-order valence-electron chi connectivity index (χ1n) is 23.9. The molecule has 0 radical (unpaired) electrons. The third kappa shape index (κ3) is 11.3. The Labute approximate surface area is 413 Å². The predicted molar refractivity (Wildman–Crippen MR) is 264 cm³/mol. The Morgan fingerprint density at radius 2 is 1.73 bits per heavy atom. The van der Waals surface area contributed by atoms with Gasteiger partial charge in [0.15, 0.2) is 11.5 Å². The number of thiazole rings is 1. The number of carbonyl (C=O) groups excluding carboxylic acids is 5. The average molecular weight is 988 g/mol. The van der Waals surface area contributed by atoms with Crippen LogP contribution in [-0.2, 0) is 25.7 Å². The molecule has 0 bridgehead atoms. The third-order valence-electron chi connectivity index (χ3n) is 13.2. The second-order valence-electron chi connectivity index (χ2n) is 19.5. The van der Waals surface area contributed by atoms with Gasteiger partial charge in [0.1, 0.15) is 17.9 Å². The summed E-state index contributed by atoms with van der Waals surface area (Å²) in [5.41, 5.74) is 7.34. The van der Waals surface area contributed by atoms with Gasteiger partial charge in [0, 0.05) is 88.1 Å². The standard InChI is InChI=1S/C50H58FN13O6S/c1-29-43(71-28-55-29)32-7-5-30(6-8-32)21-54-47(68)39-20-35(65)25-64(39)49(70)44(50(2,3)4)60-41(66)13-14-52-42(67)27-61-15-17-62(18-16-61)48(69)33-11-12-37(36(51)19-33)58-45-46-53-24-40(34-22-56-57-23-34)63(46)26-38(59-45)31-9-10-31/h5-8,11-12,19,22-24,26,28,31,35,39,44,65H,9-10,13-18,20-21,25,27H2,1-4H3,(H,52,67)(H,54,68)(H,56,57)(H,58,59)(H,60,66)/t35-,39+,44-/m1/s1. The molecule has 6 aromatic rings. The van der Waals surface area contributed by atoms with E-state index < -0.39 is 47.1 Å². The quantitative estimate of drug-likeness (QED) is 0.0793. The van der Waals surface area contributed by atoms with Crippen LogP contribution in [0.4, 0.5) is 15.9 Å². The number of aromatic nitrogens is 6. The minimum absolute atomic E-state index is 0.0180. The number of aliphatic hydroxyl groups is 1. The number of imidazole rings is 1. The minimum Gasteiger partial charge on any atom is -0.391 e. The number of aryl methyl sites for hydroxylation is 1. The Balaban J connectivity index is 0.719. The summed E-state index contributed by atoms with van der Waals surface area (Å²) in [4.78, 5) is 86.9. The third-order valence-corrected chi connectivity index (χ3v) is 14.2. The maximum atomic E-state index is 15.7. The van der Waals surface area contributed by atoms with Gasteiger partial charge in [-0.25, -0.2) is 19.3 Å². The number of anilines is 2. The highest BCUT2D eigenvalue weighted by atomic mass is 32.1. The number of aliphatic hydroxyl groups excluding tert-OH is 1. The Hall–Kier alpha value is -7.10. The number of benzene rings is 2. The lowest BCUT2D eigenvalue weighted by molar-refractivity contribution is -0.144. The van der Waals surface area contributed by atoms with Gasteiger partial charge in [-0.05, 0) is 54.5 Å². The predicted octanol–water partition coefficient (Wildman–Crippen LogP) is 4.38. The van der Waals surface area contributed by atoms with Crippen LogP contribution in [0.5, 0.6) is 0 Å². The van der Waals surface area contributed by atoms with E-state index in [1.807, 2.05) is 67.5 Å². The first-order valence-corrected chi connectivity index (χ1v) is 24.7. The van der Waals surface area contributed by atoms with Crippen molar-refractivity contribution in [1.29, 1.82) is 0 Å². The van der Waals surface area contributed by atoms with Crippen LogP contribution in [-0.4, -0.2) is 143 Å². The molecule has 2 aromatic carbocycles. The first-order chi connectivity index (χ1) is 34.1. The van der Waals surface area contributed by atoms with E-state index in [9.17, 15) is 29.1 Å². The van der Waals surface area contributed by atoms with Gasteiger partial charge in [-0.15, -0.1) is 11.3 Å². The first kappa shape index (κ1) is 48.9. The Morgan fingerprint density at radius 1 is 0.958 bits per heavy atom. The van der Waals surface area contributed by atoms with Crippen LogP contribution in [0.15, 0.2) is 72.8 Å². The summed E-state index contributed by atoms with van der Waals surface area (Å²) in [6.45, 7) is 9.09. The van der Waals surface area contributed by atoms with Crippen molar-refractivity contribution in [3.05, 3.63) is 101 Å². The van der Waals surface area contributed by atoms with E-state index in [4.69, 9.17) is 4.98 Å². The number of amides is 5. The van der Waals surface area contributed by atoms with E-state index in [0.717, 1.165) is 51.5 Å². The van der Waals surface area contributed by atoms with Gasteiger partial charge < -0.3 is 36.2 Å². The summed E-state index contributed by atoms with van der Waals surface area (Å²) in [5, 5.41) is 29.1. The summed E-state index contributed by atoms with van der Waals surface area (Å²) in [6.07, 6.45) is 8.29. The Morgan fingerprint density at radius 3 is 2.41 bits per heavy atom. The molecular weight excluding hydrogens is 930 g/mol. The fraction of sp³-hybridized carbons (Fsp3) is 0.420. The zero-order chi connectivity index (χ0) is 50.0. The molecule has 9 rings (SSSR count). The summed E-state index contributed by atoms with van der Waals surface area (Å²) in [6, 6.07) is 10.2. The zero-order valence-electron chi connectivity index (χ0n) is 40.1. The molecule has 71 heavy (non-hydrogen) atoms. The van der Waals surface area contributed by atoms with Gasteiger partial charge in [0.2, 0.25) is 23.6 Å². The van der Waals surface area contributed by atoms with Crippen LogP contribution < -0.4 is 21.3 Å². The number of hydrogen-bond donors (Lipinski definition) is 6. The summed E-state index contributed by atoms with van der Waals surface area (Å²) >= 11 is 1.56. The summed E-state index contributed by atoms with van der Waals surface area (Å²) in [7, 11) is 0. The molecule has 6 N–H and O–H groups in total. The van der Waals surface area contributed by atoms with Crippen LogP contribution in [0.1, 0.15) is 79.7 Å². The average Bonchev–Trinajstić information content (AvgIpc) is 3.67. The molecule has 3 fully saturated rings. The van der Waals surface area contributed by atoms with Crippen molar-refractivity contribution in [2.75, 3.05) is 51.1 Å². The number of fused-ring (bicyclic) bond motifs is 1. The van der Waals surface area contributed by atoms with Crippen molar-refractivity contribution in [3.8, 4) is 21.7 Å². The molecule has 2 aliphatic heterocycles. The zero-order valence-corrected chi connectivity index (χ0v) is 40.9. The number of rotatable bonds is 16. The van der Waals surface area contributed by atoms with Crippen molar-refractivity contribution in [3.63, 3.8) is 0 Å². The molecule has 5 amide bonds. The van der Waals surface area contributed by atoms with Crippen LogP contribution in [0.2, 0.25) is 0 Å². The largest absolute Gasteiger partial charge is 0.391 e. The normalized spacial score (nSPS) is 17.8. The van der Waals surface area contributed by atoms with E-state index in [0.29, 0.717) is 43.6 Å². The lowest BCUT2D eigenvalue weighted by Gasteiger charge is -2.35. The van der Waals surface area contributed by atoms with Crippen LogP contribution in [0, 0.1) is 18.2 Å². The van der Waals surface area contributed by atoms with Crippen LogP contribution in [0.3, 0.4) is 0 Å². The van der Waals surface area contributed by atoms with Crippen molar-refractivity contribution in [1.82, 2.24) is 60.2 Å². The number of carbonyl (C=O) groups is 5. The number of nitrogens with zero attached hydrogens (tertiary/aromatic N) is 8. The van der Waals surface area contributed by atoms with Crippen molar-refractivity contribution >= 4 is 58.0 Å². The topological polar surface area (TPSA) is 235 Å². The van der Waals surface area contributed by atoms with E-state index in [1.54, 1.807) is 46.4 Å². The van der Waals surface area contributed by atoms with Gasteiger partial charge in [-0.1, -0.05) is 45.0 Å². The SMILES string of the molecule is Cc1ncsc1-c1ccc(CNC(=O)[C@@H]2C[C@@H](O)CN2C(=O)[C@@H](NC(=O)CCNC(=O)CN2CCN(C(=O)c3ccc(Nc4nc(C5CC5)cn5c(-c6cn[nH]c6)cnc45)c(F)c3)CC2)C(C)(C)C)cc1. The highest BCUT2D eigenvalue weighted by Crippen LogP contribution is 2.41. The summed E-state index contributed by atoms with van der Waals surface area (Å²) in [5.74, 6) is -1.86. The van der Waals surface area contributed by atoms with E-state index >= 15 is 4.39 Å². The number of likely N-dealkylation sites (tertiary alicyclic amines) is 1. The molecule has 0 unspecified atom stereocenters. The van der Waals surface area contributed by atoms with E-state index in [1.165, 1.54) is 17.0 Å². The number of piperazine rings is 1. The molecule has 1 saturated carbocycles. The number of nitrogens with one attached hydrogen (secondary N) is 5. The number of H-pyrrole nitrogens is 1. The smallest absolute Gasteiger partial charge is 0.254 e. The Bertz CT molecular complexity index is 2920. The van der Waals surface area contributed by atoms with Crippen molar-refractivity contribution in [2.45, 2.75) is 84.0 Å². The molecule has 1 aliphatic carbocycles. The van der Waals surface area contributed by atoms with Gasteiger partial charge in [0.25, 0.3) is 5.91 Å². The molecular formula is C50H58FN13O6S. The maximum absolute atomic E-state index is 15.7. The van der Waals surface area contributed by atoms with Crippen LogP contribution in [0.25, 0.3) is 27.3 Å². The highest BCUT2D eigenvalue weighted by molar-refractivity contribution is 7.13. The Kier molecular flexibility index (Phi) is 14.3. The number of aromatic amines is 1. The van der Waals surface area contributed by atoms with Crippen molar-refractivity contribution in [2.24, 2.45) is 5.41 Å². The molecule has 3 atom stereocenters. The molecule has 6 heterocycles. The van der Waals surface area contributed by atoms with E-state index in [2.05, 4.69) is 41.4 Å². The molecule has 3 aliphatic rings. The van der Waals surface area contributed by atoms with Gasteiger partial charge in [0.05, 0.1) is 58.2 Å². The van der Waals surface area contributed by atoms with Gasteiger partial charge >= 0.3 is 0 Å². The van der Waals surface area contributed by atoms with E-state index in [-0.39, 0.29) is 62.1 Å². The lowest BCUT2D eigenvalue weighted by atomic mass is 9.85. The second-order valence-corrected chi connectivity index (χ2v) is 20.4. The lowest BCUT2D eigenvalue weighted by Crippen LogP contribution is -2.58. The fourth-order valence-corrected chi connectivity index (χ4v) is 9.84. The summed E-state index contributed by atoms with van der Waals surface area (Å²) < 4.78 is 17.6. The van der Waals surface area contributed by atoms with Crippen LogP contribution >= 0.6 is 11.3 Å². The second kappa shape index (κ2) is 20.7. The number of hydrogen-bond acceptors (Lipinski definition) is 13. The molecule has 4 aromatic heterocycles. The molecule has 21 heteroatoms.